The molecule has 4 N–H and O–H groups in total. The summed E-state index contributed by atoms with van der Waals surface area (Å²) in [5.74, 6) is -0.501. The molecule has 1 amide bonds. The molecule has 1 atom stereocenters. The van der Waals surface area contributed by atoms with Gasteiger partial charge in [-0.05, 0) is 62.6 Å². The Morgan fingerprint density at radius 1 is 1.12 bits per heavy atom. The zero-order valence-corrected chi connectivity index (χ0v) is 22.8. The van der Waals surface area contributed by atoms with Gasteiger partial charge in [0.15, 0.2) is 5.78 Å². The normalized spacial score (nSPS) is 15.2. The number of hydrogen-bond donors (Lipinski definition) is 3. The lowest BCUT2D eigenvalue weighted by molar-refractivity contribution is -0.270. The molecule has 0 fully saturated rings. The fourth-order valence-corrected chi connectivity index (χ4v) is 4.66. The number of aliphatic hydroxyl groups is 1. The van der Waals surface area contributed by atoms with Crippen LogP contribution in [-0.4, -0.2) is 35.1 Å². The van der Waals surface area contributed by atoms with Gasteiger partial charge in [0.05, 0.1) is 24.9 Å². The molecule has 0 bridgehead atoms. The summed E-state index contributed by atoms with van der Waals surface area (Å²) < 4.78 is 49.0. The standard InChI is InChI=1S/C30H32F3N3O4/c1-17-5-7-18(8-6-17)23-13-21(28(2,3)34)14-26(36-23)29(39,30(31,32)33)10-9-24(37)19-11-20-16-35-27(38)15-22(20)25(12-19)40-4/h5-8,11-14,39H,9-10,15-16,34H2,1-4H3,(H,35,38). The number of nitrogens with one attached hydrogen (secondary N) is 1. The molecule has 1 aliphatic rings. The molecule has 40 heavy (non-hydrogen) atoms. The Kier molecular flexibility index (Phi) is 7.79. The molecule has 7 nitrogen and oxygen atoms in total. The van der Waals surface area contributed by atoms with Crippen LogP contribution in [0.1, 0.15) is 65.0 Å². The summed E-state index contributed by atoms with van der Waals surface area (Å²) in [6.45, 7) is 5.35. The molecule has 0 saturated carbocycles. The molecule has 10 heteroatoms. The number of carbonyl (C=O) groups is 2. The van der Waals surface area contributed by atoms with Gasteiger partial charge in [0.1, 0.15) is 5.75 Å². The lowest BCUT2D eigenvalue weighted by Crippen LogP contribution is -2.44. The maximum absolute atomic E-state index is 14.5. The maximum Gasteiger partial charge on any atom is 0.422 e. The van der Waals surface area contributed by atoms with Gasteiger partial charge < -0.3 is 20.9 Å². The molecule has 2 aromatic carbocycles. The molecule has 0 spiro atoms. The van der Waals surface area contributed by atoms with Gasteiger partial charge in [0, 0.05) is 35.2 Å². The van der Waals surface area contributed by atoms with Gasteiger partial charge in [0.2, 0.25) is 11.5 Å². The predicted molar refractivity (Wildman–Crippen MR) is 144 cm³/mol. The first-order chi connectivity index (χ1) is 18.6. The average Bonchev–Trinajstić information content (AvgIpc) is 2.89. The number of ketones is 1. The Morgan fingerprint density at radius 2 is 1.80 bits per heavy atom. The van der Waals surface area contributed by atoms with Crippen LogP contribution in [0.3, 0.4) is 0 Å². The largest absolute Gasteiger partial charge is 0.496 e. The SMILES string of the molecule is COc1cc(C(=O)CCC(O)(c2cc(C(C)(C)N)cc(-c3ccc(C)cc3)n2)C(F)(F)F)cc2c1CC(=O)NC2. The third-order valence-corrected chi connectivity index (χ3v) is 7.18. The van der Waals surface area contributed by atoms with Crippen LogP contribution in [0.25, 0.3) is 11.3 Å². The monoisotopic (exact) mass is 555 g/mol. The number of benzene rings is 2. The smallest absolute Gasteiger partial charge is 0.422 e. The highest BCUT2D eigenvalue weighted by Crippen LogP contribution is 2.43. The number of pyridine rings is 1. The van der Waals surface area contributed by atoms with E-state index in [1.807, 2.05) is 19.1 Å². The minimum atomic E-state index is -5.14. The number of carbonyl (C=O) groups excluding carboxylic acids is 2. The molecule has 1 unspecified atom stereocenters. The van der Waals surface area contributed by atoms with Crippen LogP contribution in [0.5, 0.6) is 5.75 Å². The van der Waals surface area contributed by atoms with Gasteiger partial charge in [-0.3, -0.25) is 9.59 Å². The van der Waals surface area contributed by atoms with Gasteiger partial charge in [0.25, 0.3) is 0 Å². The molecule has 3 aromatic rings. The van der Waals surface area contributed by atoms with E-state index in [1.54, 1.807) is 32.0 Å². The molecular weight excluding hydrogens is 523 g/mol. The van der Waals surface area contributed by atoms with Gasteiger partial charge >= 0.3 is 6.18 Å². The maximum atomic E-state index is 14.5. The van der Waals surface area contributed by atoms with E-state index in [-0.39, 0.29) is 30.1 Å². The second-order valence-corrected chi connectivity index (χ2v) is 10.8. The number of rotatable bonds is 8. The van der Waals surface area contributed by atoms with E-state index in [4.69, 9.17) is 10.5 Å². The topological polar surface area (TPSA) is 115 Å². The van der Waals surface area contributed by atoms with E-state index in [1.165, 1.54) is 19.2 Å². The first-order valence-electron chi connectivity index (χ1n) is 12.8. The fraction of sp³-hybridized carbons (Fsp3) is 0.367. The quantitative estimate of drug-likeness (QED) is 0.343. The number of nitrogens with two attached hydrogens (primary N) is 1. The molecule has 4 rings (SSSR count). The minimum absolute atomic E-state index is 0.0730. The number of Topliss-reactive ketones (excluding diaryl/α,β-unsaturated/α-hetero) is 1. The van der Waals surface area contributed by atoms with Gasteiger partial charge in [-0.2, -0.15) is 13.2 Å². The van der Waals surface area contributed by atoms with E-state index >= 15 is 0 Å². The molecule has 0 saturated heterocycles. The van der Waals surface area contributed by atoms with Crippen molar-refractivity contribution in [3.05, 3.63) is 82.0 Å². The zero-order chi connectivity index (χ0) is 29.5. The van der Waals surface area contributed by atoms with Crippen LogP contribution in [0, 0.1) is 6.92 Å². The molecule has 0 radical (unpaired) electrons. The van der Waals surface area contributed by atoms with Crippen molar-refractivity contribution in [2.24, 2.45) is 5.73 Å². The van der Waals surface area contributed by atoms with Crippen LogP contribution in [-0.2, 0) is 28.9 Å². The van der Waals surface area contributed by atoms with Gasteiger partial charge in [-0.15, -0.1) is 0 Å². The molecule has 0 aliphatic carbocycles. The Morgan fingerprint density at radius 3 is 2.40 bits per heavy atom. The summed E-state index contributed by atoms with van der Waals surface area (Å²) in [6.07, 6.45) is -6.65. The number of alkyl halides is 3. The van der Waals surface area contributed by atoms with Crippen LogP contribution in [0.15, 0.2) is 48.5 Å². The van der Waals surface area contributed by atoms with Crippen molar-refractivity contribution in [1.82, 2.24) is 10.3 Å². The number of aromatic nitrogens is 1. The highest BCUT2D eigenvalue weighted by molar-refractivity contribution is 5.97. The zero-order valence-electron chi connectivity index (χ0n) is 22.8. The highest BCUT2D eigenvalue weighted by Gasteiger charge is 2.56. The number of methoxy groups -OCH3 is 1. The van der Waals surface area contributed by atoms with Crippen molar-refractivity contribution in [1.29, 1.82) is 0 Å². The lowest BCUT2D eigenvalue weighted by Gasteiger charge is -2.32. The molecule has 1 aliphatic heterocycles. The minimum Gasteiger partial charge on any atom is -0.496 e. The van der Waals surface area contributed by atoms with Crippen LogP contribution in [0.4, 0.5) is 13.2 Å². The van der Waals surface area contributed by atoms with Crippen molar-refractivity contribution in [3.8, 4) is 17.0 Å². The van der Waals surface area contributed by atoms with Crippen molar-refractivity contribution >= 4 is 11.7 Å². The molecular formula is C30H32F3N3O4. The number of ether oxygens (including phenoxy) is 1. The van der Waals surface area contributed by atoms with Crippen molar-refractivity contribution < 1.29 is 32.6 Å². The van der Waals surface area contributed by atoms with Crippen molar-refractivity contribution in [2.75, 3.05) is 7.11 Å². The summed E-state index contributed by atoms with van der Waals surface area (Å²) in [5.41, 5.74) is 4.67. The average molecular weight is 556 g/mol. The number of halogens is 3. The van der Waals surface area contributed by atoms with E-state index in [0.29, 0.717) is 28.0 Å². The summed E-state index contributed by atoms with van der Waals surface area (Å²) in [4.78, 5) is 29.2. The number of nitrogens with zero attached hydrogens (tertiary/aromatic N) is 1. The first-order valence-corrected chi connectivity index (χ1v) is 12.8. The van der Waals surface area contributed by atoms with Crippen molar-refractivity contribution in [2.45, 2.75) is 63.9 Å². The summed E-state index contributed by atoms with van der Waals surface area (Å²) in [6, 6.07) is 12.8. The first kappa shape index (κ1) is 29.2. The number of hydrogen-bond acceptors (Lipinski definition) is 6. The lowest BCUT2D eigenvalue weighted by atomic mass is 9.86. The van der Waals surface area contributed by atoms with Crippen LogP contribution < -0.4 is 15.8 Å². The Bertz CT molecular complexity index is 1430. The van der Waals surface area contributed by atoms with Gasteiger partial charge in [-0.1, -0.05) is 29.8 Å². The molecule has 212 valence electrons. The number of fused-ring (bicyclic) bond motifs is 1. The van der Waals surface area contributed by atoms with Crippen LogP contribution in [0.2, 0.25) is 0 Å². The van der Waals surface area contributed by atoms with Gasteiger partial charge in [-0.25, -0.2) is 4.98 Å². The summed E-state index contributed by atoms with van der Waals surface area (Å²) in [5, 5.41) is 13.9. The second kappa shape index (κ2) is 10.7. The van der Waals surface area contributed by atoms with E-state index in [2.05, 4.69) is 10.3 Å². The van der Waals surface area contributed by atoms with E-state index < -0.39 is 41.6 Å². The third kappa shape index (κ3) is 5.88. The summed E-state index contributed by atoms with van der Waals surface area (Å²) >= 11 is 0. The molecule has 1 aromatic heterocycles. The fourth-order valence-electron chi connectivity index (χ4n) is 4.66. The second-order valence-electron chi connectivity index (χ2n) is 10.8. The third-order valence-electron chi connectivity index (χ3n) is 7.18. The molecule has 2 heterocycles. The Hall–Kier alpha value is -3.76. The van der Waals surface area contributed by atoms with E-state index in [9.17, 15) is 27.9 Å². The Balaban J connectivity index is 1.72. The summed E-state index contributed by atoms with van der Waals surface area (Å²) in [7, 11) is 1.39. The van der Waals surface area contributed by atoms with Crippen LogP contribution >= 0.6 is 0 Å². The Labute approximate surface area is 230 Å². The van der Waals surface area contributed by atoms with Crippen molar-refractivity contribution in [3.63, 3.8) is 0 Å². The highest BCUT2D eigenvalue weighted by atomic mass is 19.4. The number of amides is 1. The number of aryl methyl sites for hydroxylation is 1. The predicted octanol–water partition coefficient (Wildman–Crippen LogP) is 4.84. The van der Waals surface area contributed by atoms with E-state index in [0.717, 1.165) is 11.6 Å².